The molecule has 4 N–H and O–H groups in total. The van der Waals surface area contributed by atoms with Gasteiger partial charge in [-0.15, -0.1) is 0 Å². The van der Waals surface area contributed by atoms with Crippen molar-refractivity contribution in [3.63, 3.8) is 0 Å². The molecule has 2 aliphatic rings. The Kier molecular flexibility index (Phi) is 4.16. The fraction of sp³-hybridized carbons (Fsp3) is 0.667. The maximum absolute atomic E-state index is 12.2. The average Bonchev–Trinajstić information content (AvgIpc) is 3.16. The zero-order chi connectivity index (χ0) is 13.9. The van der Waals surface area contributed by atoms with Gasteiger partial charge in [-0.2, -0.15) is 0 Å². The molecule has 1 aromatic rings. The number of nitrogens with two attached hydrogens (primary N) is 1. The number of nitrogens with zero attached hydrogens (tertiary/aromatic N) is 2. The molecular weight excluding hydrogens is 278 g/mol. The lowest BCUT2D eigenvalue weighted by atomic mass is 10.2. The first kappa shape index (κ1) is 13.7. The van der Waals surface area contributed by atoms with E-state index in [2.05, 4.69) is 20.6 Å². The van der Waals surface area contributed by atoms with E-state index in [0.717, 1.165) is 24.3 Å². The normalized spacial score (nSPS) is 23.6. The van der Waals surface area contributed by atoms with Crippen LogP contribution in [-0.4, -0.2) is 47.6 Å². The Balaban J connectivity index is 1.63. The Morgan fingerprint density at radius 3 is 3.15 bits per heavy atom. The molecule has 0 aromatic carbocycles. The van der Waals surface area contributed by atoms with E-state index in [1.165, 1.54) is 11.3 Å². The van der Waals surface area contributed by atoms with Gasteiger partial charge in [-0.3, -0.25) is 15.1 Å². The van der Waals surface area contributed by atoms with Gasteiger partial charge >= 0.3 is 0 Å². The smallest absolute Gasteiger partial charge is 0.239 e. The van der Waals surface area contributed by atoms with Crippen LogP contribution in [0.15, 0.2) is 6.20 Å². The van der Waals surface area contributed by atoms with E-state index in [9.17, 15) is 4.79 Å². The molecule has 3 rings (SSSR count). The van der Waals surface area contributed by atoms with Crippen molar-refractivity contribution in [3.8, 4) is 0 Å². The molecular formula is C12H19N5O2S. The zero-order valence-electron chi connectivity index (χ0n) is 11.2. The molecule has 1 saturated carbocycles. The number of nitrogen functional groups attached to an aromatic ring is 1. The molecule has 110 valence electrons. The molecule has 1 aliphatic heterocycles. The highest BCUT2D eigenvalue weighted by Gasteiger charge is 2.33. The van der Waals surface area contributed by atoms with Gasteiger partial charge in [-0.05, 0) is 12.8 Å². The molecule has 1 unspecified atom stereocenters. The van der Waals surface area contributed by atoms with Crippen molar-refractivity contribution < 1.29 is 9.53 Å². The van der Waals surface area contributed by atoms with Gasteiger partial charge in [-0.25, -0.2) is 10.8 Å². The Hall–Kier alpha value is -1.22. The number of amides is 1. The van der Waals surface area contributed by atoms with Crippen LogP contribution in [0.3, 0.4) is 0 Å². The van der Waals surface area contributed by atoms with Crippen LogP contribution in [0, 0.1) is 0 Å². The van der Waals surface area contributed by atoms with Crippen LogP contribution in [0.1, 0.15) is 17.7 Å². The van der Waals surface area contributed by atoms with Gasteiger partial charge < -0.3 is 10.1 Å². The van der Waals surface area contributed by atoms with Gasteiger partial charge in [0.05, 0.1) is 13.2 Å². The molecule has 8 heteroatoms. The van der Waals surface area contributed by atoms with E-state index in [-0.39, 0.29) is 11.9 Å². The highest BCUT2D eigenvalue weighted by Crippen LogP contribution is 2.22. The summed E-state index contributed by atoms with van der Waals surface area (Å²) >= 11 is 1.51. The number of hydrazine groups is 1. The number of rotatable bonds is 5. The van der Waals surface area contributed by atoms with E-state index in [4.69, 9.17) is 10.6 Å². The van der Waals surface area contributed by atoms with Crippen molar-refractivity contribution in [1.29, 1.82) is 0 Å². The first-order valence-electron chi connectivity index (χ1n) is 6.80. The minimum Gasteiger partial charge on any atom is -0.378 e. The Morgan fingerprint density at radius 2 is 2.45 bits per heavy atom. The first-order chi connectivity index (χ1) is 9.76. The number of anilines is 1. The van der Waals surface area contributed by atoms with Crippen LogP contribution < -0.4 is 16.6 Å². The van der Waals surface area contributed by atoms with Crippen molar-refractivity contribution in [3.05, 3.63) is 11.1 Å². The van der Waals surface area contributed by atoms with E-state index < -0.39 is 0 Å². The fourth-order valence-corrected chi connectivity index (χ4v) is 2.99. The molecule has 2 heterocycles. The molecule has 2 fully saturated rings. The number of hydrogen-bond donors (Lipinski definition) is 3. The molecule has 1 aromatic heterocycles. The van der Waals surface area contributed by atoms with E-state index in [1.54, 1.807) is 6.20 Å². The lowest BCUT2D eigenvalue weighted by Gasteiger charge is -2.34. The number of nitrogens with one attached hydrogen (secondary N) is 2. The molecule has 1 amide bonds. The van der Waals surface area contributed by atoms with Crippen LogP contribution in [-0.2, 0) is 16.1 Å². The van der Waals surface area contributed by atoms with Gasteiger partial charge in [0, 0.05) is 30.2 Å². The molecule has 1 saturated heterocycles. The van der Waals surface area contributed by atoms with Crippen LogP contribution in [0.4, 0.5) is 5.13 Å². The van der Waals surface area contributed by atoms with Gasteiger partial charge in [-0.1, -0.05) is 11.3 Å². The maximum atomic E-state index is 12.2. The van der Waals surface area contributed by atoms with Crippen molar-refractivity contribution >= 4 is 22.4 Å². The van der Waals surface area contributed by atoms with E-state index in [1.807, 2.05) is 0 Å². The summed E-state index contributed by atoms with van der Waals surface area (Å²) in [4.78, 5) is 19.6. The lowest BCUT2D eigenvalue weighted by Crippen LogP contribution is -2.53. The van der Waals surface area contributed by atoms with E-state index >= 15 is 0 Å². The molecule has 1 atom stereocenters. The second-order valence-electron chi connectivity index (χ2n) is 5.12. The van der Waals surface area contributed by atoms with Gasteiger partial charge in [0.15, 0.2) is 5.13 Å². The Bertz CT molecular complexity index is 476. The second kappa shape index (κ2) is 6.04. The second-order valence-corrected chi connectivity index (χ2v) is 6.24. The molecule has 1 aliphatic carbocycles. The van der Waals surface area contributed by atoms with Crippen molar-refractivity contribution in [2.75, 3.05) is 25.2 Å². The summed E-state index contributed by atoms with van der Waals surface area (Å²) in [6.07, 6.45) is 3.99. The number of aromatic nitrogens is 1. The molecule has 0 bridgehead atoms. The van der Waals surface area contributed by atoms with Crippen LogP contribution in [0.25, 0.3) is 0 Å². The molecule has 7 nitrogen and oxygen atoms in total. The van der Waals surface area contributed by atoms with Gasteiger partial charge in [0.1, 0.15) is 6.04 Å². The first-order valence-corrected chi connectivity index (χ1v) is 7.61. The number of thiazole rings is 1. The Morgan fingerprint density at radius 1 is 1.60 bits per heavy atom. The van der Waals surface area contributed by atoms with Crippen molar-refractivity contribution in [2.24, 2.45) is 5.84 Å². The quantitative estimate of drug-likeness (QED) is 0.519. The fourth-order valence-electron chi connectivity index (χ4n) is 2.24. The van der Waals surface area contributed by atoms with Gasteiger partial charge in [0.2, 0.25) is 5.91 Å². The third-order valence-electron chi connectivity index (χ3n) is 3.50. The van der Waals surface area contributed by atoms with Crippen LogP contribution in [0.2, 0.25) is 0 Å². The zero-order valence-corrected chi connectivity index (χ0v) is 12.0. The van der Waals surface area contributed by atoms with Crippen LogP contribution >= 0.6 is 11.3 Å². The standard InChI is InChI=1S/C12H19N5O2S/c13-16-12-14-5-9(20-12)6-17-3-4-19-7-10(17)11(18)15-8-1-2-8/h5,8,10H,1-4,6-7,13H2,(H,14,16)(H,15,18). The van der Waals surface area contributed by atoms with E-state index in [0.29, 0.717) is 30.9 Å². The third kappa shape index (κ3) is 3.26. The Labute approximate surface area is 121 Å². The predicted molar refractivity (Wildman–Crippen MR) is 76.1 cm³/mol. The largest absolute Gasteiger partial charge is 0.378 e. The topological polar surface area (TPSA) is 92.5 Å². The average molecular weight is 297 g/mol. The monoisotopic (exact) mass is 297 g/mol. The summed E-state index contributed by atoms with van der Waals surface area (Å²) < 4.78 is 5.45. The minimum atomic E-state index is -0.208. The third-order valence-corrected chi connectivity index (χ3v) is 4.41. The van der Waals surface area contributed by atoms with Crippen molar-refractivity contribution in [1.82, 2.24) is 15.2 Å². The number of carbonyl (C=O) groups is 1. The summed E-state index contributed by atoms with van der Waals surface area (Å²) in [5.41, 5.74) is 2.54. The summed E-state index contributed by atoms with van der Waals surface area (Å²) in [5, 5.41) is 3.74. The highest BCUT2D eigenvalue weighted by molar-refractivity contribution is 7.15. The summed E-state index contributed by atoms with van der Waals surface area (Å²) in [6.45, 7) is 2.57. The summed E-state index contributed by atoms with van der Waals surface area (Å²) in [7, 11) is 0. The SMILES string of the molecule is NNc1ncc(CN2CCOCC2C(=O)NC2CC2)s1. The molecule has 20 heavy (non-hydrogen) atoms. The maximum Gasteiger partial charge on any atom is 0.239 e. The summed E-state index contributed by atoms with van der Waals surface area (Å²) in [5.74, 6) is 5.41. The lowest BCUT2D eigenvalue weighted by molar-refractivity contribution is -0.133. The number of carbonyl (C=O) groups excluding carboxylic acids is 1. The number of hydrogen-bond acceptors (Lipinski definition) is 7. The minimum absolute atomic E-state index is 0.0777. The molecule has 0 spiro atoms. The van der Waals surface area contributed by atoms with Gasteiger partial charge in [0.25, 0.3) is 0 Å². The van der Waals surface area contributed by atoms with Crippen molar-refractivity contribution in [2.45, 2.75) is 31.5 Å². The molecule has 0 radical (unpaired) electrons. The van der Waals surface area contributed by atoms with Crippen LogP contribution in [0.5, 0.6) is 0 Å². The summed E-state index contributed by atoms with van der Waals surface area (Å²) in [6, 6.07) is 0.170. The number of morpholine rings is 1. The number of ether oxygens (including phenoxy) is 1. The highest BCUT2D eigenvalue weighted by atomic mass is 32.1. The predicted octanol–water partition coefficient (Wildman–Crippen LogP) is -0.0919.